The first-order valence-electron chi connectivity index (χ1n) is 6.88. The van der Waals surface area contributed by atoms with Crippen molar-refractivity contribution in [2.45, 2.75) is 32.5 Å². The number of halogens is 1. The molecule has 4 heteroatoms. The molecule has 3 nitrogen and oxygen atoms in total. The molecule has 1 heterocycles. The van der Waals surface area contributed by atoms with Crippen molar-refractivity contribution in [3.05, 3.63) is 34.9 Å². The molecule has 1 aromatic rings. The maximum Gasteiger partial charge on any atom is 0.241 e. The predicted molar refractivity (Wildman–Crippen MR) is 75.8 cm³/mol. The number of nitrogens with zero attached hydrogens (tertiary/aromatic N) is 1. The number of benzene rings is 1. The molecule has 2 fully saturated rings. The van der Waals surface area contributed by atoms with Gasteiger partial charge in [-0.15, -0.1) is 0 Å². The van der Waals surface area contributed by atoms with E-state index in [1.165, 1.54) is 6.42 Å². The van der Waals surface area contributed by atoms with E-state index in [1.807, 2.05) is 36.1 Å². The molecule has 0 aromatic heterocycles. The van der Waals surface area contributed by atoms with Gasteiger partial charge in [-0.1, -0.05) is 30.7 Å². The zero-order valence-corrected chi connectivity index (χ0v) is 12.0. The van der Waals surface area contributed by atoms with Gasteiger partial charge < -0.3 is 4.90 Å². The molecule has 19 heavy (non-hydrogen) atoms. The lowest BCUT2D eigenvalue weighted by molar-refractivity contribution is -0.130. The van der Waals surface area contributed by atoms with E-state index in [-0.39, 0.29) is 18.1 Å². The molecule has 0 spiro atoms. The largest absolute Gasteiger partial charge is 0.321 e. The fourth-order valence-electron chi connectivity index (χ4n) is 2.80. The summed E-state index contributed by atoms with van der Waals surface area (Å²) >= 11 is 5.92. The smallest absolute Gasteiger partial charge is 0.241 e. The molecular formula is C15H19ClN2O. The van der Waals surface area contributed by atoms with Crippen molar-refractivity contribution < 1.29 is 4.79 Å². The zero-order chi connectivity index (χ0) is 13.6. The third-order valence-corrected chi connectivity index (χ3v) is 4.52. The number of hydrogen-bond acceptors (Lipinski definition) is 2. The van der Waals surface area contributed by atoms with Crippen LogP contribution in [0.15, 0.2) is 24.3 Å². The number of carbonyl (C=O) groups excluding carboxylic acids is 1. The number of carbonyl (C=O) groups is 1. The highest BCUT2D eigenvalue weighted by molar-refractivity contribution is 6.30. The van der Waals surface area contributed by atoms with Crippen molar-refractivity contribution in [1.29, 1.82) is 0 Å². The van der Waals surface area contributed by atoms with Crippen LogP contribution in [0.4, 0.5) is 0 Å². The van der Waals surface area contributed by atoms with E-state index >= 15 is 0 Å². The van der Waals surface area contributed by atoms with Gasteiger partial charge in [0.15, 0.2) is 0 Å². The average molecular weight is 279 g/mol. The number of nitrogens with one attached hydrogen (secondary N) is 1. The van der Waals surface area contributed by atoms with Gasteiger partial charge in [-0.3, -0.25) is 10.1 Å². The molecule has 102 valence electrons. The summed E-state index contributed by atoms with van der Waals surface area (Å²) in [6, 6.07) is 7.65. The molecule has 2 aliphatic rings. The minimum absolute atomic E-state index is 0.00688. The van der Waals surface area contributed by atoms with Crippen LogP contribution in [0.5, 0.6) is 0 Å². The Labute approximate surface area is 118 Å². The summed E-state index contributed by atoms with van der Waals surface area (Å²) in [5, 5.41) is 4.10. The topological polar surface area (TPSA) is 32.3 Å². The Balaban J connectivity index is 1.81. The first-order valence-corrected chi connectivity index (χ1v) is 7.26. The molecule has 1 aromatic carbocycles. The Morgan fingerprint density at radius 1 is 1.32 bits per heavy atom. The Morgan fingerprint density at radius 2 is 1.95 bits per heavy atom. The van der Waals surface area contributed by atoms with Gasteiger partial charge in [0.25, 0.3) is 0 Å². The van der Waals surface area contributed by atoms with Crippen LogP contribution in [0.2, 0.25) is 5.02 Å². The second kappa shape index (κ2) is 4.80. The zero-order valence-electron chi connectivity index (χ0n) is 11.3. The fraction of sp³-hybridized carbons (Fsp3) is 0.533. The van der Waals surface area contributed by atoms with Gasteiger partial charge in [-0.25, -0.2) is 0 Å². The molecule has 4 atom stereocenters. The average Bonchev–Trinajstić information content (AvgIpc) is 3.01. The van der Waals surface area contributed by atoms with Gasteiger partial charge in [0.1, 0.15) is 6.17 Å². The van der Waals surface area contributed by atoms with E-state index in [0.717, 1.165) is 23.0 Å². The van der Waals surface area contributed by atoms with Crippen molar-refractivity contribution in [3.8, 4) is 0 Å². The molecule has 1 amide bonds. The van der Waals surface area contributed by atoms with Crippen LogP contribution in [-0.4, -0.2) is 23.4 Å². The Morgan fingerprint density at radius 3 is 2.53 bits per heavy atom. The highest BCUT2D eigenvalue weighted by atomic mass is 35.5. The third kappa shape index (κ3) is 2.49. The highest BCUT2D eigenvalue weighted by Crippen LogP contribution is 2.40. The lowest BCUT2D eigenvalue weighted by Crippen LogP contribution is -2.32. The SMILES string of the molecule is CC1NC(c2ccc(Cl)cc2)N(CC2CC2C)C1=O. The highest BCUT2D eigenvalue weighted by Gasteiger charge is 2.42. The molecule has 0 bridgehead atoms. The molecule has 1 saturated heterocycles. The predicted octanol–water partition coefficient (Wildman–Crippen LogP) is 2.81. The number of hydrogen-bond donors (Lipinski definition) is 1. The van der Waals surface area contributed by atoms with Crippen LogP contribution in [0.3, 0.4) is 0 Å². The molecule has 3 rings (SSSR count). The van der Waals surface area contributed by atoms with Crippen LogP contribution in [0, 0.1) is 11.8 Å². The molecular weight excluding hydrogens is 260 g/mol. The Hall–Kier alpha value is -1.06. The van der Waals surface area contributed by atoms with Crippen molar-refractivity contribution in [2.24, 2.45) is 11.8 Å². The normalized spacial score (nSPS) is 33.8. The summed E-state index contributed by atoms with van der Waals surface area (Å²) in [5.41, 5.74) is 1.11. The number of amides is 1. The quantitative estimate of drug-likeness (QED) is 0.922. The van der Waals surface area contributed by atoms with Crippen LogP contribution < -0.4 is 5.32 Å². The van der Waals surface area contributed by atoms with Gasteiger partial charge in [0.2, 0.25) is 5.91 Å². The van der Waals surface area contributed by atoms with E-state index in [9.17, 15) is 4.79 Å². The Bertz CT molecular complexity index is 487. The third-order valence-electron chi connectivity index (χ3n) is 4.27. The van der Waals surface area contributed by atoms with Gasteiger partial charge in [-0.2, -0.15) is 0 Å². The summed E-state index contributed by atoms with van der Waals surface area (Å²) in [4.78, 5) is 14.3. The molecule has 4 unspecified atom stereocenters. The molecule has 1 saturated carbocycles. The van der Waals surface area contributed by atoms with Crippen LogP contribution >= 0.6 is 11.6 Å². The first-order chi connectivity index (χ1) is 9.06. The van der Waals surface area contributed by atoms with E-state index in [1.54, 1.807) is 0 Å². The second-order valence-corrected chi connectivity index (χ2v) is 6.24. The second-order valence-electron chi connectivity index (χ2n) is 5.81. The summed E-state index contributed by atoms with van der Waals surface area (Å²) in [6.45, 7) is 5.05. The van der Waals surface area contributed by atoms with E-state index in [2.05, 4.69) is 12.2 Å². The molecule has 1 aliphatic carbocycles. The monoisotopic (exact) mass is 278 g/mol. The maximum atomic E-state index is 12.3. The Kier molecular flexibility index (Phi) is 3.27. The summed E-state index contributed by atoms with van der Waals surface area (Å²) in [7, 11) is 0. The van der Waals surface area contributed by atoms with Crippen molar-refractivity contribution in [3.63, 3.8) is 0 Å². The summed E-state index contributed by atoms with van der Waals surface area (Å²) in [5.74, 6) is 1.64. The number of rotatable bonds is 3. The minimum atomic E-state index is -0.102. The van der Waals surface area contributed by atoms with E-state index in [4.69, 9.17) is 11.6 Å². The fourth-order valence-corrected chi connectivity index (χ4v) is 2.92. The molecule has 1 aliphatic heterocycles. The van der Waals surface area contributed by atoms with Gasteiger partial charge in [-0.05, 0) is 42.9 Å². The van der Waals surface area contributed by atoms with Gasteiger partial charge in [0, 0.05) is 11.6 Å². The standard InChI is InChI=1S/C15H19ClN2O/c1-9-7-12(9)8-18-14(17-10(2)15(18)19)11-3-5-13(16)6-4-11/h3-6,9-10,12,14,17H,7-8H2,1-2H3. The van der Waals surface area contributed by atoms with E-state index in [0.29, 0.717) is 5.92 Å². The van der Waals surface area contributed by atoms with Crippen LogP contribution in [-0.2, 0) is 4.79 Å². The van der Waals surface area contributed by atoms with Gasteiger partial charge >= 0.3 is 0 Å². The van der Waals surface area contributed by atoms with Gasteiger partial charge in [0.05, 0.1) is 6.04 Å². The van der Waals surface area contributed by atoms with E-state index < -0.39 is 0 Å². The van der Waals surface area contributed by atoms with Crippen molar-refractivity contribution in [1.82, 2.24) is 10.2 Å². The summed E-state index contributed by atoms with van der Waals surface area (Å²) in [6.07, 6.45) is 1.23. The maximum absolute atomic E-state index is 12.3. The molecule has 0 radical (unpaired) electrons. The lowest BCUT2D eigenvalue weighted by atomic mass is 10.1. The lowest BCUT2D eigenvalue weighted by Gasteiger charge is -2.24. The first kappa shape index (κ1) is 12.9. The van der Waals surface area contributed by atoms with Crippen LogP contribution in [0.1, 0.15) is 32.0 Å². The summed E-state index contributed by atoms with van der Waals surface area (Å²) < 4.78 is 0. The molecule has 1 N–H and O–H groups in total. The van der Waals surface area contributed by atoms with Crippen LogP contribution in [0.25, 0.3) is 0 Å². The van der Waals surface area contributed by atoms with Crippen molar-refractivity contribution >= 4 is 17.5 Å². The van der Waals surface area contributed by atoms with Crippen molar-refractivity contribution in [2.75, 3.05) is 6.54 Å². The minimum Gasteiger partial charge on any atom is -0.321 e.